The van der Waals surface area contributed by atoms with Crippen LogP contribution in [0.4, 0.5) is 11.6 Å². The molecular weight excluding hydrogens is 276 g/mol. The standard InChI is InChI=1S/C13H16N4O2S/c1-8-5-4-6-11(14)12(8)20(18,19)17-13-15-9(2)7-10(3)16-13/h4-7H,14H2,1-3H3,(H,15,16,17). The van der Waals surface area contributed by atoms with Gasteiger partial charge >= 0.3 is 0 Å². The normalized spacial score (nSPS) is 11.3. The van der Waals surface area contributed by atoms with Gasteiger partial charge in [0.05, 0.1) is 5.69 Å². The number of nitrogens with two attached hydrogens (primary N) is 1. The van der Waals surface area contributed by atoms with E-state index in [0.717, 1.165) is 0 Å². The number of nitrogens with zero attached hydrogens (tertiary/aromatic N) is 2. The molecule has 1 aromatic carbocycles. The number of nitrogens with one attached hydrogen (secondary N) is 1. The van der Waals surface area contributed by atoms with Crippen molar-refractivity contribution in [2.24, 2.45) is 0 Å². The molecule has 0 bridgehead atoms. The molecule has 1 heterocycles. The van der Waals surface area contributed by atoms with Gasteiger partial charge in [-0.2, -0.15) is 0 Å². The summed E-state index contributed by atoms with van der Waals surface area (Å²) in [5.41, 5.74) is 7.90. The average Bonchev–Trinajstić information content (AvgIpc) is 2.25. The average molecular weight is 292 g/mol. The third kappa shape index (κ3) is 2.88. The highest BCUT2D eigenvalue weighted by Gasteiger charge is 2.21. The Bertz CT molecular complexity index is 716. The Hall–Kier alpha value is -2.15. The Kier molecular flexibility index (Phi) is 3.63. The minimum Gasteiger partial charge on any atom is -0.398 e. The first-order valence-corrected chi connectivity index (χ1v) is 7.48. The first-order chi connectivity index (χ1) is 9.29. The van der Waals surface area contributed by atoms with Crippen molar-refractivity contribution in [2.75, 3.05) is 10.5 Å². The van der Waals surface area contributed by atoms with Gasteiger partial charge in [-0.25, -0.2) is 23.1 Å². The molecule has 0 saturated carbocycles. The molecule has 2 rings (SSSR count). The van der Waals surface area contributed by atoms with Gasteiger partial charge in [0.2, 0.25) is 5.95 Å². The fourth-order valence-corrected chi connectivity index (χ4v) is 3.29. The van der Waals surface area contributed by atoms with E-state index in [1.165, 1.54) is 0 Å². The van der Waals surface area contributed by atoms with Crippen LogP contribution in [0.25, 0.3) is 0 Å². The second kappa shape index (κ2) is 5.09. The lowest BCUT2D eigenvalue weighted by Gasteiger charge is -2.12. The molecule has 6 nitrogen and oxygen atoms in total. The molecule has 0 atom stereocenters. The molecule has 7 heteroatoms. The van der Waals surface area contributed by atoms with E-state index < -0.39 is 10.0 Å². The second-order valence-corrected chi connectivity index (χ2v) is 6.19. The van der Waals surface area contributed by atoms with Crippen molar-refractivity contribution in [1.82, 2.24) is 9.97 Å². The lowest BCUT2D eigenvalue weighted by molar-refractivity contribution is 0.600. The van der Waals surface area contributed by atoms with Crippen LogP contribution in [0.1, 0.15) is 17.0 Å². The van der Waals surface area contributed by atoms with Crippen molar-refractivity contribution in [3.05, 3.63) is 41.2 Å². The Balaban J connectivity index is 2.46. The van der Waals surface area contributed by atoms with E-state index in [1.807, 2.05) is 0 Å². The van der Waals surface area contributed by atoms with Crippen LogP contribution in [0.3, 0.4) is 0 Å². The van der Waals surface area contributed by atoms with Crippen LogP contribution in [0.5, 0.6) is 0 Å². The van der Waals surface area contributed by atoms with Crippen molar-refractivity contribution in [3.8, 4) is 0 Å². The fourth-order valence-electron chi connectivity index (χ4n) is 1.99. The zero-order chi connectivity index (χ0) is 14.9. The first kappa shape index (κ1) is 14.3. The third-order valence-corrected chi connectivity index (χ3v) is 4.27. The molecule has 0 fully saturated rings. The van der Waals surface area contributed by atoms with Gasteiger partial charge in [0.1, 0.15) is 4.90 Å². The summed E-state index contributed by atoms with van der Waals surface area (Å²) >= 11 is 0. The maximum atomic E-state index is 12.4. The number of sulfonamides is 1. The fraction of sp³-hybridized carbons (Fsp3) is 0.231. The molecule has 0 saturated heterocycles. The van der Waals surface area contributed by atoms with Crippen molar-refractivity contribution in [1.29, 1.82) is 0 Å². The topological polar surface area (TPSA) is 98.0 Å². The van der Waals surface area contributed by atoms with Gasteiger partial charge in [0, 0.05) is 11.4 Å². The number of benzene rings is 1. The summed E-state index contributed by atoms with van der Waals surface area (Å²) in [6.07, 6.45) is 0. The highest BCUT2D eigenvalue weighted by atomic mass is 32.2. The molecule has 0 aliphatic carbocycles. The number of aryl methyl sites for hydroxylation is 3. The predicted molar refractivity (Wildman–Crippen MR) is 77.9 cm³/mol. The highest BCUT2D eigenvalue weighted by molar-refractivity contribution is 7.93. The molecule has 2 aromatic rings. The Morgan fingerprint density at radius 2 is 1.70 bits per heavy atom. The van der Waals surface area contributed by atoms with Crippen LogP contribution >= 0.6 is 0 Å². The number of hydrogen-bond acceptors (Lipinski definition) is 5. The molecule has 20 heavy (non-hydrogen) atoms. The maximum absolute atomic E-state index is 12.4. The van der Waals surface area contributed by atoms with Gasteiger partial charge in [0.25, 0.3) is 10.0 Å². The molecule has 0 aliphatic rings. The van der Waals surface area contributed by atoms with Crippen LogP contribution in [0.15, 0.2) is 29.2 Å². The van der Waals surface area contributed by atoms with Gasteiger partial charge in [0.15, 0.2) is 0 Å². The van der Waals surface area contributed by atoms with Crippen molar-refractivity contribution in [2.45, 2.75) is 25.7 Å². The summed E-state index contributed by atoms with van der Waals surface area (Å²) in [5.74, 6) is 0.0464. The van der Waals surface area contributed by atoms with E-state index >= 15 is 0 Å². The first-order valence-electron chi connectivity index (χ1n) is 6.00. The summed E-state index contributed by atoms with van der Waals surface area (Å²) in [4.78, 5) is 8.18. The monoisotopic (exact) mass is 292 g/mol. The number of rotatable bonds is 3. The number of aromatic nitrogens is 2. The Morgan fingerprint density at radius 3 is 2.25 bits per heavy atom. The minimum atomic E-state index is -3.81. The highest BCUT2D eigenvalue weighted by Crippen LogP contribution is 2.24. The molecule has 0 spiro atoms. The summed E-state index contributed by atoms with van der Waals surface area (Å²) in [5, 5.41) is 0. The van der Waals surface area contributed by atoms with E-state index in [2.05, 4.69) is 14.7 Å². The van der Waals surface area contributed by atoms with Crippen LogP contribution in [-0.2, 0) is 10.0 Å². The molecule has 106 valence electrons. The van der Waals surface area contributed by atoms with Gasteiger partial charge in [-0.3, -0.25) is 0 Å². The summed E-state index contributed by atoms with van der Waals surface area (Å²) in [7, 11) is -3.81. The predicted octanol–water partition coefficient (Wildman–Crippen LogP) is 1.78. The smallest absolute Gasteiger partial charge is 0.266 e. The number of hydrogen-bond donors (Lipinski definition) is 2. The Morgan fingerprint density at radius 1 is 1.10 bits per heavy atom. The lowest BCUT2D eigenvalue weighted by atomic mass is 10.2. The van der Waals surface area contributed by atoms with Gasteiger partial charge in [-0.1, -0.05) is 12.1 Å². The van der Waals surface area contributed by atoms with Crippen LogP contribution in [0.2, 0.25) is 0 Å². The van der Waals surface area contributed by atoms with E-state index in [0.29, 0.717) is 17.0 Å². The van der Waals surface area contributed by atoms with Crippen LogP contribution in [-0.4, -0.2) is 18.4 Å². The summed E-state index contributed by atoms with van der Waals surface area (Å²) in [6, 6.07) is 6.70. The maximum Gasteiger partial charge on any atom is 0.266 e. The number of anilines is 2. The van der Waals surface area contributed by atoms with E-state index in [-0.39, 0.29) is 16.5 Å². The zero-order valence-corrected chi connectivity index (χ0v) is 12.3. The van der Waals surface area contributed by atoms with Gasteiger partial charge < -0.3 is 5.73 Å². The number of nitrogen functional groups attached to an aromatic ring is 1. The van der Waals surface area contributed by atoms with E-state index in [9.17, 15) is 8.42 Å². The largest absolute Gasteiger partial charge is 0.398 e. The van der Waals surface area contributed by atoms with E-state index in [4.69, 9.17) is 5.73 Å². The van der Waals surface area contributed by atoms with Crippen molar-refractivity contribution < 1.29 is 8.42 Å². The SMILES string of the molecule is Cc1cc(C)nc(NS(=O)(=O)c2c(C)cccc2N)n1. The van der Waals surface area contributed by atoms with Gasteiger partial charge in [-0.15, -0.1) is 0 Å². The summed E-state index contributed by atoms with van der Waals surface area (Å²) < 4.78 is 27.2. The molecule has 0 unspecified atom stereocenters. The zero-order valence-electron chi connectivity index (χ0n) is 11.5. The van der Waals surface area contributed by atoms with Crippen LogP contribution < -0.4 is 10.5 Å². The second-order valence-electron chi connectivity index (χ2n) is 4.57. The van der Waals surface area contributed by atoms with Crippen LogP contribution in [0, 0.1) is 20.8 Å². The van der Waals surface area contributed by atoms with Crippen molar-refractivity contribution in [3.63, 3.8) is 0 Å². The van der Waals surface area contributed by atoms with Crippen molar-refractivity contribution >= 4 is 21.7 Å². The lowest BCUT2D eigenvalue weighted by Crippen LogP contribution is -2.18. The Labute approximate surface area is 118 Å². The molecule has 1 aromatic heterocycles. The third-order valence-electron chi connectivity index (χ3n) is 2.72. The molecular formula is C13H16N4O2S. The minimum absolute atomic E-state index is 0.0464. The molecule has 3 N–H and O–H groups in total. The summed E-state index contributed by atoms with van der Waals surface area (Å²) in [6.45, 7) is 5.23. The van der Waals surface area contributed by atoms with E-state index in [1.54, 1.807) is 45.0 Å². The molecule has 0 aliphatic heterocycles. The van der Waals surface area contributed by atoms with Gasteiger partial charge in [-0.05, 0) is 38.5 Å². The molecule has 0 amide bonds. The quantitative estimate of drug-likeness (QED) is 0.840. The molecule has 0 radical (unpaired) electrons.